The molecule has 0 aliphatic rings. The fourth-order valence-electron chi connectivity index (χ4n) is 1.27. The van der Waals surface area contributed by atoms with Crippen LogP contribution in [0.5, 0.6) is 0 Å². The quantitative estimate of drug-likeness (QED) is 0.635. The topological polar surface area (TPSA) is 56.0 Å². The molecular formula is C12H24N2O. The van der Waals surface area contributed by atoms with Crippen LogP contribution in [0.15, 0.2) is 0 Å². The van der Waals surface area contributed by atoms with Crippen molar-refractivity contribution in [2.45, 2.75) is 52.6 Å². The molecule has 0 fully saturated rings. The van der Waals surface area contributed by atoms with E-state index in [0.29, 0.717) is 6.54 Å². The van der Waals surface area contributed by atoms with Crippen molar-refractivity contribution in [3.05, 3.63) is 0 Å². The first kappa shape index (κ1) is 14.4. The van der Waals surface area contributed by atoms with Gasteiger partial charge in [0, 0.05) is 6.54 Å². The first-order chi connectivity index (χ1) is 6.77. The third-order valence-electron chi connectivity index (χ3n) is 2.27. The van der Waals surface area contributed by atoms with Crippen molar-refractivity contribution in [3.63, 3.8) is 0 Å². The molecular weight excluding hydrogens is 188 g/mol. The first-order valence-corrected chi connectivity index (χ1v) is 5.61. The maximum atomic E-state index is 9.44. The molecule has 0 aromatic rings. The van der Waals surface area contributed by atoms with Crippen LogP contribution in [0.4, 0.5) is 0 Å². The molecule has 2 N–H and O–H groups in total. The lowest BCUT2D eigenvalue weighted by Crippen LogP contribution is -2.35. The third-order valence-corrected chi connectivity index (χ3v) is 2.27. The van der Waals surface area contributed by atoms with Crippen LogP contribution in [0.25, 0.3) is 0 Å². The number of nitrogens with one attached hydrogen (secondary N) is 1. The summed E-state index contributed by atoms with van der Waals surface area (Å²) in [6.07, 6.45) is 3.05. The monoisotopic (exact) mass is 212 g/mol. The van der Waals surface area contributed by atoms with Crippen LogP contribution >= 0.6 is 0 Å². The predicted octanol–water partition coefficient (Wildman–Crippen LogP) is 2.07. The minimum atomic E-state index is -0.633. The van der Waals surface area contributed by atoms with Crippen LogP contribution in [-0.2, 0) is 0 Å². The van der Waals surface area contributed by atoms with Crippen molar-refractivity contribution in [2.24, 2.45) is 5.41 Å². The highest BCUT2D eigenvalue weighted by molar-refractivity contribution is 4.91. The van der Waals surface area contributed by atoms with Crippen molar-refractivity contribution < 1.29 is 5.11 Å². The van der Waals surface area contributed by atoms with Crippen LogP contribution < -0.4 is 5.32 Å². The lowest BCUT2D eigenvalue weighted by molar-refractivity contribution is 0.0798. The van der Waals surface area contributed by atoms with Crippen LogP contribution in [0, 0.1) is 16.7 Å². The Morgan fingerprint density at radius 2 is 1.80 bits per heavy atom. The smallest absolute Gasteiger partial charge is 0.0715 e. The van der Waals surface area contributed by atoms with Gasteiger partial charge in [-0.25, -0.2) is 0 Å². The lowest BCUT2D eigenvalue weighted by atomic mass is 9.89. The molecule has 3 nitrogen and oxygen atoms in total. The molecule has 0 aromatic heterocycles. The third kappa shape index (κ3) is 9.71. The van der Waals surface area contributed by atoms with E-state index in [-0.39, 0.29) is 5.41 Å². The Kier molecular flexibility index (Phi) is 5.85. The van der Waals surface area contributed by atoms with E-state index >= 15 is 0 Å². The zero-order valence-corrected chi connectivity index (χ0v) is 10.4. The van der Waals surface area contributed by atoms with Crippen LogP contribution in [0.3, 0.4) is 0 Å². The zero-order chi connectivity index (χ0) is 11.9. The van der Waals surface area contributed by atoms with Gasteiger partial charge in [-0.05, 0) is 47.1 Å². The Hall–Kier alpha value is -0.590. The second-order valence-corrected chi connectivity index (χ2v) is 5.44. The van der Waals surface area contributed by atoms with Gasteiger partial charge in [0.25, 0.3) is 0 Å². The number of nitrogens with zero attached hydrogens (tertiary/aromatic N) is 1. The summed E-state index contributed by atoms with van der Waals surface area (Å²) in [5.41, 5.74) is -0.831. The fourth-order valence-corrected chi connectivity index (χ4v) is 1.27. The van der Waals surface area contributed by atoms with E-state index in [9.17, 15) is 5.11 Å². The number of unbranched alkanes of at least 4 members (excludes halogenated alkanes) is 1. The van der Waals surface area contributed by atoms with E-state index < -0.39 is 5.60 Å². The average Bonchev–Trinajstić information content (AvgIpc) is 2.09. The standard InChI is InChI=1S/C12H24N2O/c1-11(2,9-13)7-5-6-8-14-10-12(3,4)15/h14-15H,5-8,10H2,1-4H3. The van der Waals surface area contributed by atoms with Crippen molar-refractivity contribution in [1.29, 1.82) is 5.26 Å². The molecule has 0 saturated heterocycles. The van der Waals surface area contributed by atoms with Crippen molar-refractivity contribution >= 4 is 0 Å². The van der Waals surface area contributed by atoms with Gasteiger partial charge < -0.3 is 10.4 Å². The molecule has 0 spiro atoms. The van der Waals surface area contributed by atoms with Gasteiger partial charge in [-0.15, -0.1) is 0 Å². The second kappa shape index (κ2) is 6.09. The number of hydrogen-bond donors (Lipinski definition) is 2. The summed E-state index contributed by atoms with van der Waals surface area (Å²) in [6, 6.07) is 2.30. The van der Waals surface area contributed by atoms with Crippen molar-refractivity contribution in [1.82, 2.24) is 5.32 Å². The predicted molar refractivity (Wildman–Crippen MR) is 62.4 cm³/mol. The van der Waals surface area contributed by atoms with E-state index in [1.165, 1.54) is 0 Å². The molecule has 0 aliphatic carbocycles. The summed E-state index contributed by atoms with van der Waals surface area (Å²) in [4.78, 5) is 0. The maximum Gasteiger partial charge on any atom is 0.0715 e. The largest absolute Gasteiger partial charge is 0.389 e. The van der Waals surface area contributed by atoms with Gasteiger partial charge in [-0.1, -0.05) is 6.42 Å². The SMILES string of the molecule is CC(C)(O)CNCCCCC(C)(C)C#N. The normalized spacial score (nSPS) is 12.5. The Morgan fingerprint density at radius 1 is 1.20 bits per heavy atom. The molecule has 0 bridgehead atoms. The molecule has 0 saturated carbocycles. The summed E-state index contributed by atoms with van der Waals surface area (Å²) >= 11 is 0. The van der Waals surface area contributed by atoms with Crippen molar-refractivity contribution in [2.75, 3.05) is 13.1 Å². The highest BCUT2D eigenvalue weighted by Crippen LogP contribution is 2.21. The van der Waals surface area contributed by atoms with Gasteiger partial charge in [0.1, 0.15) is 0 Å². The fraction of sp³-hybridized carbons (Fsp3) is 0.917. The zero-order valence-electron chi connectivity index (χ0n) is 10.4. The molecule has 0 unspecified atom stereocenters. The number of nitriles is 1. The molecule has 0 atom stereocenters. The molecule has 15 heavy (non-hydrogen) atoms. The second-order valence-electron chi connectivity index (χ2n) is 5.44. The van der Waals surface area contributed by atoms with E-state index in [1.54, 1.807) is 13.8 Å². The maximum absolute atomic E-state index is 9.44. The molecule has 0 aromatic carbocycles. The number of aliphatic hydroxyl groups is 1. The van der Waals surface area contributed by atoms with E-state index in [4.69, 9.17) is 5.26 Å². The summed E-state index contributed by atoms with van der Waals surface area (Å²) in [5, 5.41) is 21.4. The van der Waals surface area contributed by atoms with Crippen LogP contribution in [-0.4, -0.2) is 23.8 Å². The van der Waals surface area contributed by atoms with Gasteiger partial charge >= 0.3 is 0 Å². The first-order valence-electron chi connectivity index (χ1n) is 5.61. The summed E-state index contributed by atoms with van der Waals surface area (Å²) in [7, 11) is 0. The average molecular weight is 212 g/mol. The number of hydrogen-bond acceptors (Lipinski definition) is 3. The Balaban J connectivity index is 3.38. The molecule has 0 rings (SSSR count). The van der Waals surface area contributed by atoms with Gasteiger partial charge in [-0.2, -0.15) is 5.26 Å². The Bertz CT molecular complexity index is 211. The highest BCUT2D eigenvalue weighted by Gasteiger charge is 2.15. The summed E-state index contributed by atoms with van der Waals surface area (Å²) in [6.45, 7) is 9.05. The molecule has 0 radical (unpaired) electrons. The lowest BCUT2D eigenvalue weighted by Gasteiger charge is -2.18. The summed E-state index contributed by atoms with van der Waals surface area (Å²) in [5.74, 6) is 0. The minimum Gasteiger partial charge on any atom is -0.389 e. The highest BCUT2D eigenvalue weighted by atomic mass is 16.3. The van der Waals surface area contributed by atoms with E-state index in [2.05, 4.69) is 11.4 Å². The molecule has 88 valence electrons. The van der Waals surface area contributed by atoms with Gasteiger partial charge in [0.2, 0.25) is 0 Å². The molecule has 0 amide bonds. The summed E-state index contributed by atoms with van der Waals surface area (Å²) < 4.78 is 0. The Morgan fingerprint density at radius 3 is 2.27 bits per heavy atom. The van der Waals surface area contributed by atoms with Gasteiger partial charge in [0.15, 0.2) is 0 Å². The number of rotatable bonds is 7. The molecule has 0 aliphatic heterocycles. The van der Waals surface area contributed by atoms with E-state index in [0.717, 1.165) is 25.8 Å². The van der Waals surface area contributed by atoms with Gasteiger partial charge in [0.05, 0.1) is 17.1 Å². The van der Waals surface area contributed by atoms with E-state index in [1.807, 2.05) is 13.8 Å². The van der Waals surface area contributed by atoms with Crippen LogP contribution in [0.1, 0.15) is 47.0 Å². The Labute approximate surface area is 93.5 Å². The van der Waals surface area contributed by atoms with Crippen LogP contribution in [0.2, 0.25) is 0 Å². The van der Waals surface area contributed by atoms with Gasteiger partial charge in [-0.3, -0.25) is 0 Å². The minimum absolute atomic E-state index is 0.198. The molecule has 0 heterocycles. The van der Waals surface area contributed by atoms with Crippen molar-refractivity contribution in [3.8, 4) is 6.07 Å². The molecule has 3 heteroatoms.